The summed E-state index contributed by atoms with van der Waals surface area (Å²) in [6, 6.07) is 6.88. The molecule has 0 spiro atoms. The summed E-state index contributed by atoms with van der Waals surface area (Å²) in [5.41, 5.74) is 0.262. The van der Waals surface area contributed by atoms with Gasteiger partial charge >= 0.3 is 0 Å². The minimum Gasteiger partial charge on any atom is -0.206 e. The standard InChI is InChI=1S/C8H4F/c1-2-7-5-3-4-6-8(7)9/h1,4-6H. The van der Waals surface area contributed by atoms with E-state index in [0.29, 0.717) is 0 Å². The minimum atomic E-state index is -0.365. The molecule has 0 heterocycles. The highest BCUT2D eigenvalue weighted by Crippen LogP contribution is 2.02. The monoisotopic (exact) mass is 119 g/mol. The Morgan fingerprint density at radius 1 is 1.67 bits per heavy atom. The molecule has 9 heavy (non-hydrogen) atoms. The maximum Gasteiger partial charge on any atom is 0.138 e. The Hall–Kier alpha value is -1.29. The number of hydrogen-bond acceptors (Lipinski definition) is 0. The van der Waals surface area contributed by atoms with E-state index in [9.17, 15) is 4.39 Å². The predicted molar refractivity (Wildman–Crippen MR) is 33.2 cm³/mol. The van der Waals surface area contributed by atoms with Crippen LogP contribution in [0.3, 0.4) is 0 Å². The molecule has 0 saturated carbocycles. The number of halogens is 1. The first-order valence-electron chi connectivity index (χ1n) is 2.47. The molecule has 1 radical (unpaired) electrons. The highest BCUT2D eigenvalue weighted by Gasteiger charge is 1.92. The summed E-state index contributed by atoms with van der Waals surface area (Å²) in [5, 5.41) is 0. The number of rotatable bonds is 0. The minimum absolute atomic E-state index is 0.262. The first kappa shape index (κ1) is 5.84. The molecule has 0 N–H and O–H groups in total. The molecule has 0 saturated heterocycles. The fraction of sp³-hybridized carbons (Fsp3) is 0. The Morgan fingerprint density at radius 2 is 2.44 bits per heavy atom. The molecule has 1 aromatic rings. The molecule has 0 aromatic heterocycles. The molecule has 0 atom stereocenters. The third-order valence-corrected chi connectivity index (χ3v) is 0.966. The van der Waals surface area contributed by atoms with Gasteiger partial charge in [-0.3, -0.25) is 0 Å². The fourth-order valence-electron chi connectivity index (χ4n) is 0.522. The normalized spacial score (nSPS) is 8.44. The van der Waals surface area contributed by atoms with Crippen LogP contribution in [0.5, 0.6) is 0 Å². The van der Waals surface area contributed by atoms with E-state index in [-0.39, 0.29) is 11.4 Å². The predicted octanol–water partition coefficient (Wildman–Crippen LogP) is 1.61. The fourth-order valence-corrected chi connectivity index (χ4v) is 0.522. The molecule has 1 rings (SSSR count). The second kappa shape index (κ2) is 2.32. The smallest absolute Gasteiger partial charge is 0.138 e. The van der Waals surface area contributed by atoms with E-state index in [4.69, 9.17) is 6.42 Å². The van der Waals surface area contributed by atoms with Crippen molar-refractivity contribution in [2.75, 3.05) is 0 Å². The molecule has 0 bridgehead atoms. The van der Waals surface area contributed by atoms with Crippen molar-refractivity contribution >= 4 is 0 Å². The van der Waals surface area contributed by atoms with Crippen molar-refractivity contribution < 1.29 is 4.39 Å². The first-order chi connectivity index (χ1) is 4.34. The molecule has 0 fully saturated rings. The largest absolute Gasteiger partial charge is 0.206 e. The van der Waals surface area contributed by atoms with Gasteiger partial charge in [0.15, 0.2) is 0 Å². The van der Waals surface area contributed by atoms with Crippen LogP contribution in [0.1, 0.15) is 5.56 Å². The molecule has 43 valence electrons. The molecule has 1 heteroatoms. The van der Waals surface area contributed by atoms with E-state index < -0.39 is 0 Å². The van der Waals surface area contributed by atoms with E-state index in [0.717, 1.165) is 0 Å². The van der Waals surface area contributed by atoms with Gasteiger partial charge in [0.1, 0.15) is 5.82 Å². The Morgan fingerprint density at radius 3 is 2.89 bits per heavy atom. The Balaban J connectivity index is 3.20. The van der Waals surface area contributed by atoms with Crippen molar-refractivity contribution in [2.45, 2.75) is 0 Å². The van der Waals surface area contributed by atoms with Crippen LogP contribution in [-0.2, 0) is 0 Å². The third kappa shape index (κ3) is 1.09. The molecule has 0 aliphatic rings. The van der Waals surface area contributed by atoms with Gasteiger partial charge in [-0.05, 0) is 18.2 Å². The number of benzene rings is 1. The summed E-state index contributed by atoms with van der Waals surface area (Å²) < 4.78 is 12.4. The lowest BCUT2D eigenvalue weighted by Gasteiger charge is -1.88. The Labute approximate surface area is 53.3 Å². The van der Waals surface area contributed by atoms with Crippen LogP contribution < -0.4 is 0 Å². The zero-order valence-corrected chi connectivity index (χ0v) is 4.69. The summed E-state index contributed by atoms with van der Waals surface area (Å²) in [6.07, 6.45) is 4.94. The topological polar surface area (TPSA) is 0 Å². The zero-order valence-electron chi connectivity index (χ0n) is 4.69. The van der Waals surface area contributed by atoms with E-state index >= 15 is 0 Å². The molecular formula is C8H4F. The lowest BCUT2D eigenvalue weighted by Crippen LogP contribution is -1.79. The third-order valence-electron chi connectivity index (χ3n) is 0.966. The molecule has 0 aliphatic carbocycles. The second-order valence-electron chi connectivity index (χ2n) is 1.55. The molecule has 1 aromatic carbocycles. The van der Waals surface area contributed by atoms with Crippen LogP contribution >= 0.6 is 0 Å². The average Bonchev–Trinajstić information content (AvgIpc) is 1.89. The first-order valence-corrected chi connectivity index (χ1v) is 2.47. The zero-order chi connectivity index (χ0) is 6.69. The van der Waals surface area contributed by atoms with Gasteiger partial charge in [0.2, 0.25) is 0 Å². The average molecular weight is 119 g/mol. The number of terminal acetylenes is 1. The molecule has 0 unspecified atom stereocenters. The maximum atomic E-state index is 12.4. The maximum absolute atomic E-state index is 12.4. The summed E-state index contributed by atoms with van der Waals surface area (Å²) in [5.74, 6) is 1.82. The molecule has 0 amide bonds. The summed E-state index contributed by atoms with van der Waals surface area (Å²) in [4.78, 5) is 0. The van der Waals surface area contributed by atoms with Gasteiger partial charge < -0.3 is 0 Å². The lowest BCUT2D eigenvalue weighted by atomic mass is 10.2. The van der Waals surface area contributed by atoms with Gasteiger partial charge in [-0.2, -0.15) is 0 Å². The lowest BCUT2D eigenvalue weighted by molar-refractivity contribution is 0.624. The van der Waals surface area contributed by atoms with Crippen LogP contribution in [0.25, 0.3) is 0 Å². The molecule has 0 nitrogen and oxygen atoms in total. The highest BCUT2D eigenvalue weighted by molar-refractivity contribution is 5.32. The van der Waals surface area contributed by atoms with E-state index in [1.165, 1.54) is 18.2 Å². The van der Waals surface area contributed by atoms with E-state index in [1.54, 1.807) is 0 Å². The number of hydrogen-bond donors (Lipinski definition) is 0. The summed E-state index contributed by atoms with van der Waals surface area (Å²) in [6.45, 7) is 0. The Kier molecular flexibility index (Phi) is 1.51. The van der Waals surface area contributed by atoms with Gasteiger partial charge in [-0.25, -0.2) is 4.39 Å². The van der Waals surface area contributed by atoms with Gasteiger partial charge in [0, 0.05) is 0 Å². The van der Waals surface area contributed by atoms with Crippen LogP contribution in [0.2, 0.25) is 0 Å². The van der Waals surface area contributed by atoms with Gasteiger partial charge in [-0.1, -0.05) is 12.0 Å². The van der Waals surface area contributed by atoms with Crippen LogP contribution in [-0.4, -0.2) is 0 Å². The highest BCUT2D eigenvalue weighted by atomic mass is 19.1. The summed E-state index contributed by atoms with van der Waals surface area (Å²) in [7, 11) is 0. The van der Waals surface area contributed by atoms with Gasteiger partial charge in [-0.15, -0.1) is 6.42 Å². The van der Waals surface area contributed by atoms with Crippen molar-refractivity contribution in [1.82, 2.24) is 0 Å². The molecular weight excluding hydrogens is 115 g/mol. The van der Waals surface area contributed by atoms with Crippen molar-refractivity contribution in [1.29, 1.82) is 0 Å². The second-order valence-corrected chi connectivity index (χ2v) is 1.55. The summed E-state index contributed by atoms with van der Waals surface area (Å²) >= 11 is 0. The van der Waals surface area contributed by atoms with Crippen LogP contribution in [0.4, 0.5) is 4.39 Å². The SMILES string of the molecule is C#Cc1c[c]ccc1F. The van der Waals surface area contributed by atoms with Crippen molar-refractivity contribution in [3.63, 3.8) is 0 Å². The van der Waals surface area contributed by atoms with Gasteiger partial charge in [0.25, 0.3) is 0 Å². The quantitative estimate of drug-likeness (QED) is 0.455. The van der Waals surface area contributed by atoms with Crippen LogP contribution in [0, 0.1) is 24.2 Å². The van der Waals surface area contributed by atoms with E-state index in [1.807, 2.05) is 0 Å². The van der Waals surface area contributed by atoms with E-state index in [2.05, 4.69) is 12.0 Å². The van der Waals surface area contributed by atoms with Crippen LogP contribution in [0.15, 0.2) is 18.2 Å². The van der Waals surface area contributed by atoms with Crippen molar-refractivity contribution in [3.05, 3.63) is 35.6 Å². The van der Waals surface area contributed by atoms with Crippen molar-refractivity contribution in [2.24, 2.45) is 0 Å². The van der Waals surface area contributed by atoms with Gasteiger partial charge in [0.05, 0.1) is 5.56 Å². The Bertz CT molecular complexity index is 245. The van der Waals surface area contributed by atoms with Crippen molar-refractivity contribution in [3.8, 4) is 12.3 Å². The molecule has 0 aliphatic heterocycles.